The number of imidazole rings is 1. The van der Waals surface area contributed by atoms with Gasteiger partial charge in [-0.3, -0.25) is 9.69 Å². The van der Waals surface area contributed by atoms with Crippen molar-refractivity contribution in [2.24, 2.45) is 5.41 Å². The molecular weight excluding hydrogens is 577 g/mol. The number of likely N-dealkylation sites (tertiary alicyclic amines) is 1. The Bertz CT molecular complexity index is 1610. The molecule has 3 aliphatic heterocycles. The van der Waals surface area contributed by atoms with Crippen LogP contribution in [0.25, 0.3) is 11.0 Å². The number of sulfonamides is 1. The summed E-state index contributed by atoms with van der Waals surface area (Å²) in [6.45, 7) is 7.85. The number of nitrogens with one attached hydrogen (secondary N) is 1. The van der Waals surface area contributed by atoms with Gasteiger partial charge in [0.25, 0.3) is 0 Å². The minimum atomic E-state index is -3.40. The van der Waals surface area contributed by atoms with Crippen molar-refractivity contribution in [3.8, 4) is 0 Å². The normalized spacial score (nSPS) is 24.2. The fourth-order valence-corrected chi connectivity index (χ4v) is 8.87. The van der Waals surface area contributed by atoms with Crippen molar-refractivity contribution in [1.82, 2.24) is 24.1 Å². The number of para-hydroxylation sites is 2. The predicted octanol–water partition coefficient (Wildman–Crippen LogP) is 5.18. The first-order valence-corrected chi connectivity index (χ1v) is 17.9. The lowest BCUT2D eigenvalue weighted by Gasteiger charge is -2.46. The van der Waals surface area contributed by atoms with Crippen molar-refractivity contribution < 1.29 is 17.6 Å². The molecule has 2 bridgehead atoms. The molecule has 2 aromatic carbocycles. The van der Waals surface area contributed by atoms with E-state index in [0.29, 0.717) is 31.2 Å². The van der Waals surface area contributed by atoms with Gasteiger partial charge in [-0.25, -0.2) is 22.5 Å². The highest BCUT2D eigenvalue weighted by molar-refractivity contribution is 7.88. The van der Waals surface area contributed by atoms with E-state index >= 15 is 0 Å². The Labute approximate surface area is 261 Å². The van der Waals surface area contributed by atoms with Crippen LogP contribution in [-0.4, -0.2) is 78.2 Å². The number of benzene rings is 2. The van der Waals surface area contributed by atoms with Crippen molar-refractivity contribution in [3.05, 3.63) is 65.7 Å². The van der Waals surface area contributed by atoms with Gasteiger partial charge in [0.05, 0.1) is 22.7 Å². The molecule has 8 nitrogen and oxygen atoms in total. The Morgan fingerprint density at radius 2 is 1.73 bits per heavy atom. The molecule has 0 saturated carbocycles. The lowest BCUT2D eigenvalue weighted by molar-refractivity contribution is -0.141. The highest BCUT2D eigenvalue weighted by Crippen LogP contribution is 2.45. The quantitative estimate of drug-likeness (QED) is 0.355. The summed E-state index contributed by atoms with van der Waals surface area (Å²) in [6, 6.07) is 17.0. The van der Waals surface area contributed by atoms with Crippen LogP contribution in [0.15, 0.2) is 48.5 Å². The highest BCUT2D eigenvalue weighted by atomic mass is 32.2. The third kappa shape index (κ3) is 6.17. The van der Waals surface area contributed by atoms with Crippen LogP contribution in [0.1, 0.15) is 76.2 Å². The van der Waals surface area contributed by atoms with E-state index in [1.807, 2.05) is 11.0 Å². The number of carbonyl (C=O) groups is 1. The largest absolute Gasteiger partial charge is 0.342 e. The molecule has 44 heavy (non-hydrogen) atoms. The average Bonchev–Trinajstić information content (AvgIpc) is 3.45. The number of hydrogen-bond acceptors (Lipinski definition) is 5. The number of fused-ring (bicyclic) bond motifs is 3. The Hall–Kier alpha value is -2.82. The SMILES string of the molecule is Cc1nc2ccccc2n1C1C[C@H]2CC[C@@H](C1)N2CCC1(c2cccc(F)c2)CCN(C(=O)C(C)(C)CNS(C)(=O)=O)CC1. The molecule has 4 heterocycles. The summed E-state index contributed by atoms with van der Waals surface area (Å²) in [5.74, 6) is 0.812. The second kappa shape index (κ2) is 11.8. The zero-order valence-corrected chi connectivity index (χ0v) is 27.2. The summed E-state index contributed by atoms with van der Waals surface area (Å²) >= 11 is 0. The van der Waals surface area contributed by atoms with E-state index in [4.69, 9.17) is 4.98 Å². The maximum absolute atomic E-state index is 14.5. The maximum atomic E-state index is 14.5. The van der Waals surface area contributed by atoms with Crippen molar-refractivity contribution in [3.63, 3.8) is 0 Å². The maximum Gasteiger partial charge on any atom is 0.229 e. The summed E-state index contributed by atoms with van der Waals surface area (Å²) in [5.41, 5.74) is 2.23. The van der Waals surface area contributed by atoms with Gasteiger partial charge in [0.1, 0.15) is 11.6 Å². The van der Waals surface area contributed by atoms with Gasteiger partial charge >= 0.3 is 0 Å². The number of carbonyl (C=O) groups excluding carboxylic acids is 1. The standard InChI is InChI=1S/C34H46FN5O3S/c1-24-37-30-10-5-6-11-31(30)40(24)29-21-27-12-13-28(22-29)39(27)19-16-34(25-8-7-9-26(35)20-25)14-17-38(18-15-34)32(41)33(2,3)23-36-44(4,42)43/h5-11,20,27-29,36H,12-19,21-23H2,1-4H3/t27-,28+,29?. The molecule has 0 aliphatic carbocycles. The Kier molecular flexibility index (Phi) is 8.39. The average molecular weight is 624 g/mol. The Morgan fingerprint density at radius 3 is 2.39 bits per heavy atom. The number of hydrogen-bond donors (Lipinski definition) is 1. The van der Waals surface area contributed by atoms with Crippen LogP contribution in [-0.2, 0) is 20.2 Å². The van der Waals surface area contributed by atoms with E-state index in [9.17, 15) is 17.6 Å². The molecule has 3 atom stereocenters. The Morgan fingerprint density at radius 1 is 1.05 bits per heavy atom. The molecule has 1 amide bonds. The molecule has 238 valence electrons. The molecule has 0 spiro atoms. The molecule has 3 saturated heterocycles. The monoisotopic (exact) mass is 623 g/mol. The highest BCUT2D eigenvalue weighted by Gasteiger charge is 2.45. The number of aryl methyl sites for hydroxylation is 1. The van der Waals surface area contributed by atoms with Gasteiger partial charge in [-0.05, 0) is 108 Å². The van der Waals surface area contributed by atoms with E-state index in [1.165, 1.54) is 24.4 Å². The number of nitrogens with zero attached hydrogens (tertiary/aromatic N) is 4. The molecule has 6 rings (SSSR count). The van der Waals surface area contributed by atoms with Crippen LogP contribution in [0.4, 0.5) is 4.39 Å². The van der Waals surface area contributed by atoms with Crippen LogP contribution >= 0.6 is 0 Å². The first kappa shape index (κ1) is 31.2. The van der Waals surface area contributed by atoms with Crippen molar-refractivity contribution in [2.75, 3.05) is 32.4 Å². The van der Waals surface area contributed by atoms with Gasteiger partial charge in [-0.2, -0.15) is 0 Å². The molecular formula is C34H46FN5O3S. The van der Waals surface area contributed by atoms with Gasteiger partial charge < -0.3 is 9.47 Å². The van der Waals surface area contributed by atoms with Crippen molar-refractivity contribution in [2.45, 2.75) is 89.3 Å². The first-order valence-electron chi connectivity index (χ1n) is 16.0. The fraction of sp³-hybridized carbons (Fsp3) is 0.588. The number of amides is 1. The van der Waals surface area contributed by atoms with E-state index in [2.05, 4.69) is 45.4 Å². The van der Waals surface area contributed by atoms with E-state index < -0.39 is 15.4 Å². The third-order valence-corrected chi connectivity index (χ3v) is 11.3. The number of rotatable bonds is 9. The van der Waals surface area contributed by atoms with Crippen LogP contribution in [0.5, 0.6) is 0 Å². The van der Waals surface area contributed by atoms with Gasteiger partial charge in [0, 0.05) is 37.8 Å². The minimum Gasteiger partial charge on any atom is -0.342 e. The first-order chi connectivity index (χ1) is 20.9. The smallest absolute Gasteiger partial charge is 0.229 e. The molecule has 1 aromatic heterocycles. The van der Waals surface area contributed by atoms with Crippen molar-refractivity contribution in [1.29, 1.82) is 0 Å². The number of aromatic nitrogens is 2. The van der Waals surface area contributed by atoms with Gasteiger partial charge in [0.2, 0.25) is 15.9 Å². The van der Waals surface area contributed by atoms with Crippen LogP contribution in [0, 0.1) is 18.2 Å². The third-order valence-electron chi connectivity index (χ3n) is 10.6. The molecule has 3 aromatic rings. The van der Waals surface area contributed by atoms with Crippen LogP contribution in [0.2, 0.25) is 0 Å². The molecule has 0 radical (unpaired) electrons. The summed E-state index contributed by atoms with van der Waals surface area (Å²) in [4.78, 5) is 22.9. The van der Waals surface area contributed by atoms with Crippen molar-refractivity contribution >= 4 is 27.0 Å². The summed E-state index contributed by atoms with van der Waals surface area (Å²) in [6.07, 6.45) is 8.18. The molecule has 10 heteroatoms. The summed E-state index contributed by atoms with van der Waals surface area (Å²) in [7, 11) is -3.40. The molecule has 1 N–H and O–H groups in total. The summed E-state index contributed by atoms with van der Waals surface area (Å²) < 4.78 is 42.8. The second-order valence-electron chi connectivity index (χ2n) is 14.1. The second-order valence-corrected chi connectivity index (χ2v) is 15.9. The number of halogens is 1. The topological polar surface area (TPSA) is 87.5 Å². The van der Waals surface area contributed by atoms with Gasteiger partial charge in [-0.1, -0.05) is 24.3 Å². The van der Waals surface area contributed by atoms with Crippen LogP contribution in [0.3, 0.4) is 0 Å². The molecule has 1 unspecified atom stereocenters. The van der Waals surface area contributed by atoms with Gasteiger partial charge in [-0.15, -0.1) is 0 Å². The molecule has 3 aliphatic rings. The predicted molar refractivity (Wildman–Crippen MR) is 171 cm³/mol. The number of piperidine rings is 2. The fourth-order valence-electron chi connectivity index (χ4n) is 8.24. The zero-order chi connectivity index (χ0) is 31.3. The van der Waals surface area contributed by atoms with Gasteiger partial charge in [0.15, 0.2) is 0 Å². The van der Waals surface area contributed by atoms with E-state index in [0.717, 1.165) is 61.8 Å². The van der Waals surface area contributed by atoms with E-state index in [1.54, 1.807) is 26.0 Å². The summed E-state index contributed by atoms with van der Waals surface area (Å²) in [5, 5.41) is 0. The zero-order valence-electron chi connectivity index (χ0n) is 26.4. The van der Waals surface area contributed by atoms with E-state index in [-0.39, 0.29) is 23.7 Å². The van der Waals surface area contributed by atoms with Crippen LogP contribution < -0.4 is 4.72 Å². The lowest BCUT2D eigenvalue weighted by atomic mass is 9.70. The minimum absolute atomic E-state index is 0.0519. The molecule has 3 fully saturated rings. The lowest BCUT2D eigenvalue weighted by Crippen LogP contribution is -2.52. The Balaban J connectivity index is 1.16.